The molecule has 2 heterocycles. The lowest BCUT2D eigenvalue weighted by Gasteiger charge is -2.10. The Morgan fingerprint density at radius 1 is 1.33 bits per heavy atom. The summed E-state index contributed by atoms with van der Waals surface area (Å²) < 4.78 is 2.46. The smallest absolute Gasteiger partial charge is 0.0482 e. The lowest BCUT2D eigenvalue weighted by Crippen LogP contribution is -1.99. The molecule has 2 rings (SSSR count). The van der Waals surface area contributed by atoms with Crippen LogP contribution in [0.2, 0.25) is 0 Å². The van der Waals surface area contributed by atoms with Crippen LogP contribution >= 0.6 is 0 Å². The average molecular weight is 283 g/mol. The SMILES string of the molecule is C=C.C=C(C(/C=C\CC)=C/C)c1ccc2n1CCC2CC. The first-order valence-electron chi connectivity index (χ1n) is 7.94. The summed E-state index contributed by atoms with van der Waals surface area (Å²) in [7, 11) is 0. The Bertz CT molecular complexity index is 528. The summed E-state index contributed by atoms with van der Waals surface area (Å²) in [5, 5.41) is 0. The average Bonchev–Trinajstić information content (AvgIpc) is 3.11. The molecular weight excluding hydrogens is 254 g/mol. The van der Waals surface area contributed by atoms with Gasteiger partial charge in [0.15, 0.2) is 0 Å². The quantitative estimate of drug-likeness (QED) is 0.453. The lowest BCUT2D eigenvalue weighted by atomic mass is 10.0. The molecule has 1 heteroatoms. The Morgan fingerprint density at radius 2 is 2.05 bits per heavy atom. The number of rotatable bonds is 5. The molecule has 0 aliphatic carbocycles. The van der Waals surface area contributed by atoms with Gasteiger partial charge in [-0.1, -0.05) is 38.7 Å². The van der Waals surface area contributed by atoms with Crippen LogP contribution in [0.5, 0.6) is 0 Å². The van der Waals surface area contributed by atoms with E-state index in [1.54, 1.807) is 0 Å². The topological polar surface area (TPSA) is 4.93 Å². The largest absolute Gasteiger partial charge is 0.344 e. The van der Waals surface area contributed by atoms with E-state index >= 15 is 0 Å². The van der Waals surface area contributed by atoms with Crippen molar-refractivity contribution in [3.05, 3.63) is 67.1 Å². The molecule has 0 amide bonds. The number of hydrogen-bond donors (Lipinski definition) is 0. The summed E-state index contributed by atoms with van der Waals surface area (Å²) in [6, 6.07) is 4.53. The molecule has 1 aromatic heterocycles. The van der Waals surface area contributed by atoms with Gasteiger partial charge in [-0.25, -0.2) is 0 Å². The number of fused-ring (bicyclic) bond motifs is 1. The summed E-state index contributed by atoms with van der Waals surface area (Å²) in [5.41, 5.74) is 5.17. The van der Waals surface area contributed by atoms with Gasteiger partial charge < -0.3 is 4.57 Å². The predicted octanol–water partition coefficient (Wildman–Crippen LogP) is 6.11. The fraction of sp³-hybridized carbons (Fsp3) is 0.400. The number of allylic oxidation sites excluding steroid dienone is 5. The van der Waals surface area contributed by atoms with Gasteiger partial charge in [0.05, 0.1) is 0 Å². The maximum Gasteiger partial charge on any atom is 0.0482 e. The van der Waals surface area contributed by atoms with Gasteiger partial charge in [-0.3, -0.25) is 0 Å². The molecule has 1 nitrogen and oxygen atoms in total. The Hall–Kier alpha value is -1.76. The van der Waals surface area contributed by atoms with Crippen molar-refractivity contribution >= 4 is 5.57 Å². The van der Waals surface area contributed by atoms with Crippen LogP contribution in [0.15, 0.2) is 55.7 Å². The first kappa shape index (κ1) is 17.3. The van der Waals surface area contributed by atoms with Gasteiger partial charge in [0.2, 0.25) is 0 Å². The molecule has 1 aliphatic heterocycles. The van der Waals surface area contributed by atoms with Crippen LogP contribution in [0, 0.1) is 0 Å². The van der Waals surface area contributed by atoms with Crippen LogP contribution in [0.4, 0.5) is 0 Å². The van der Waals surface area contributed by atoms with E-state index in [0.29, 0.717) is 0 Å². The summed E-state index contributed by atoms with van der Waals surface area (Å²) in [4.78, 5) is 0. The predicted molar refractivity (Wildman–Crippen MR) is 95.6 cm³/mol. The molecule has 0 N–H and O–H groups in total. The van der Waals surface area contributed by atoms with E-state index in [1.807, 2.05) is 0 Å². The fourth-order valence-electron chi connectivity index (χ4n) is 2.96. The van der Waals surface area contributed by atoms with Crippen LogP contribution in [-0.4, -0.2) is 4.57 Å². The second-order valence-corrected chi connectivity index (χ2v) is 5.22. The first-order valence-corrected chi connectivity index (χ1v) is 7.94. The van der Waals surface area contributed by atoms with E-state index in [0.717, 1.165) is 24.5 Å². The standard InChI is InChI=1S/C18H25N.C2H4/c1-5-8-9-15(6-2)14(4)17-10-11-18-16(7-3)12-13-19(17)18;1-2/h6,8-11,16H,4-5,7,12-13H2,1-3H3;1-2H2/b9-8-,15-6+;. The molecule has 114 valence electrons. The normalized spacial score (nSPS) is 17.5. The molecule has 21 heavy (non-hydrogen) atoms. The minimum absolute atomic E-state index is 0.738. The Labute approximate surface area is 130 Å². The number of nitrogens with zero attached hydrogens (tertiary/aromatic N) is 1. The van der Waals surface area contributed by atoms with Crippen LogP contribution < -0.4 is 0 Å². The second kappa shape index (κ2) is 8.51. The maximum atomic E-state index is 4.31. The Morgan fingerprint density at radius 3 is 2.62 bits per heavy atom. The van der Waals surface area contributed by atoms with Crippen LogP contribution in [0.1, 0.15) is 57.3 Å². The molecule has 0 aromatic carbocycles. The molecule has 1 unspecified atom stereocenters. The van der Waals surface area contributed by atoms with Gasteiger partial charge in [0, 0.05) is 23.9 Å². The van der Waals surface area contributed by atoms with Crippen molar-refractivity contribution < 1.29 is 0 Å². The van der Waals surface area contributed by atoms with Gasteiger partial charge in [-0.2, -0.15) is 0 Å². The molecular formula is C20H29N. The summed E-state index contributed by atoms with van der Waals surface area (Å²) in [6.45, 7) is 18.0. The van der Waals surface area contributed by atoms with Crippen LogP contribution in [0.3, 0.4) is 0 Å². The molecule has 1 aliphatic rings. The molecule has 1 aromatic rings. The number of aromatic nitrogens is 1. The third-order valence-electron chi connectivity index (χ3n) is 4.13. The second-order valence-electron chi connectivity index (χ2n) is 5.22. The zero-order chi connectivity index (χ0) is 15.8. The van der Waals surface area contributed by atoms with Gasteiger partial charge in [0.25, 0.3) is 0 Å². The highest BCUT2D eigenvalue weighted by atomic mass is 15.0. The van der Waals surface area contributed by atoms with E-state index in [4.69, 9.17) is 0 Å². The van der Waals surface area contributed by atoms with Gasteiger partial charge in [0.1, 0.15) is 0 Å². The minimum atomic E-state index is 0.738. The number of hydrogen-bond acceptors (Lipinski definition) is 0. The van der Waals surface area contributed by atoms with Gasteiger partial charge in [-0.15, -0.1) is 13.2 Å². The molecule has 0 radical (unpaired) electrons. The summed E-state index contributed by atoms with van der Waals surface area (Å²) >= 11 is 0. The first-order chi connectivity index (χ1) is 10.2. The van der Waals surface area contributed by atoms with Crippen molar-refractivity contribution in [2.75, 3.05) is 0 Å². The van der Waals surface area contributed by atoms with Crippen molar-refractivity contribution in [3.8, 4) is 0 Å². The van der Waals surface area contributed by atoms with E-state index in [1.165, 1.54) is 29.8 Å². The van der Waals surface area contributed by atoms with E-state index in [2.05, 4.69) is 75.4 Å². The highest BCUT2D eigenvalue weighted by Crippen LogP contribution is 2.36. The maximum absolute atomic E-state index is 4.31. The monoisotopic (exact) mass is 283 g/mol. The molecule has 0 spiro atoms. The molecule has 0 bridgehead atoms. The van der Waals surface area contributed by atoms with Crippen molar-refractivity contribution in [1.29, 1.82) is 0 Å². The van der Waals surface area contributed by atoms with Crippen LogP contribution in [-0.2, 0) is 6.54 Å². The molecule has 0 saturated heterocycles. The lowest BCUT2D eigenvalue weighted by molar-refractivity contribution is 0.642. The third kappa shape index (κ3) is 3.66. The molecule has 1 atom stereocenters. The third-order valence-corrected chi connectivity index (χ3v) is 4.13. The van der Waals surface area contributed by atoms with Crippen molar-refractivity contribution in [2.45, 2.75) is 52.5 Å². The summed E-state index contributed by atoms with van der Waals surface area (Å²) in [6.07, 6.45) is 10.1. The van der Waals surface area contributed by atoms with Crippen molar-refractivity contribution in [2.24, 2.45) is 0 Å². The highest BCUT2D eigenvalue weighted by Gasteiger charge is 2.23. The Kier molecular flexibility index (Phi) is 7.01. The zero-order valence-corrected chi connectivity index (χ0v) is 13.9. The minimum Gasteiger partial charge on any atom is -0.344 e. The highest BCUT2D eigenvalue weighted by molar-refractivity contribution is 5.79. The zero-order valence-electron chi connectivity index (χ0n) is 13.9. The molecule has 0 saturated carbocycles. The van der Waals surface area contributed by atoms with E-state index < -0.39 is 0 Å². The summed E-state index contributed by atoms with van der Waals surface area (Å²) in [5.74, 6) is 0.738. The van der Waals surface area contributed by atoms with Crippen molar-refractivity contribution in [3.63, 3.8) is 0 Å². The van der Waals surface area contributed by atoms with Crippen molar-refractivity contribution in [1.82, 2.24) is 4.57 Å². The van der Waals surface area contributed by atoms with E-state index in [-0.39, 0.29) is 0 Å². The van der Waals surface area contributed by atoms with Crippen LogP contribution in [0.25, 0.3) is 5.57 Å². The fourth-order valence-corrected chi connectivity index (χ4v) is 2.96. The Balaban J connectivity index is 0.00000106. The van der Waals surface area contributed by atoms with Gasteiger partial charge >= 0.3 is 0 Å². The molecule has 0 fully saturated rings. The van der Waals surface area contributed by atoms with E-state index in [9.17, 15) is 0 Å². The van der Waals surface area contributed by atoms with Gasteiger partial charge in [-0.05, 0) is 49.5 Å².